The molecule has 2 rings (SSSR count). The van der Waals surface area contributed by atoms with Crippen LogP contribution in [0, 0.1) is 0 Å². The minimum absolute atomic E-state index is 0.114. The molecule has 1 N–H and O–H groups in total. The lowest BCUT2D eigenvalue weighted by Gasteiger charge is -2.18. The maximum atomic E-state index is 12.5. The first-order valence-corrected chi connectivity index (χ1v) is 6.11. The van der Waals surface area contributed by atoms with Gasteiger partial charge in [-0.3, -0.25) is 9.78 Å². The highest BCUT2D eigenvalue weighted by atomic mass is 16.2. The summed E-state index contributed by atoms with van der Waals surface area (Å²) < 4.78 is 0. The van der Waals surface area contributed by atoms with E-state index in [1.54, 1.807) is 48.7 Å². The van der Waals surface area contributed by atoms with Gasteiger partial charge in [0.25, 0.3) is 5.91 Å². The molecule has 2 aromatic heterocycles. The molecule has 0 saturated carbocycles. The van der Waals surface area contributed by atoms with Crippen molar-refractivity contribution in [3.05, 3.63) is 48.4 Å². The van der Waals surface area contributed by atoms with E-state index in [1.165, 1.54) is 0 Å². The molecular weight excluding hydrogens is 240 g/mol. The molecule has 5 nitrogen and oxygen atoms in total. The Labute approximate surface area is 112 Å². The Morgan fingerprint density at radius 3 is 2.79 bits per heavy atom. The van der Waals surface area contributed by atoms with Crippen molar-refractivity contribution in [3.63, 3.8) is 0 Å². The van der Waals surface area contributed by atoms with Gasteiger partial charge in [0.15, 0.2) is 0 Å². The highest BCUT2D eigenvalue weighted by Crippen LogP contribution is 2.17. The van der Waals surface area contributed by atoms with Crippen LogP contribution in [0.15, 0.2) is 42.9 Å². The summed E-state index contributed by atoms with van der Waals surface area (Å²) in [7, 11) is 1.72. The summed E-state index contributed by atoms with van der Waals surface area (Å²) in [6.45, 7) is 2.68. The van der Waals surface area contributed by atoms with Gasteiger partial charge in [-0.15, -0.1) is 0 Å². The second kappa shape index (κ2) is 5.95. The van der Waals surface area contributed by atoms with E-state index >= 15 is 0 Å². The van der Waals surface area contributed by atoms with Gasteiger partial charge in [-0.2, -0.15) is 0 Å². The number of nitrogens with zero attached hydrogens (tertiary/aromatic N) is 3. The Balaban J connectivity index is 2.29. The Morgan fingerprint density at radius 1 is 1.32 bits per heavy atom. The van der Waals surface area contributed by atoms with Crippen molar-refractivity contribution in [3.8, 4) is 0 Å². The first-order chi connectivity index (χ1) is 9.24. The van der Waals surface area contributed by atoms with Crippen LogP contribution in [-0.4, -0.2) is 29.5 Å². The largest absolute Gasteiger partial charge is 0.370 e. The van der Waals surface area contributed by atoms with E-state index in [4.69, 9.17) is 0 Å². The molecule has 0 aliphatic heterocycles. The zero-order valence-electron chi connectivity index (χ0n) is 11.0. The third kappa shape index (κ3) is 2.88. The molecule has 98 valence electrons. The Kier molecular flexibility index (Phi) is 4.07. The molecule has 1 amide bonds. The van der Waals surface area contributed by atoms with Gasteiger partial charge >= 0.3 is 0 Å². The number of hydrogen-bond donors (Lipinski definition) is 1. The Hall–Kier alpha value is -2.43. The van der Waals surface area contributed by atoms with Gasteiger partial charge in [0, 0.05) is 26.0 Å². The predicted octanol–water partition coefficient (Wildman–Crippen LogP) is 2.18. The quantitative estimate of drug-likeness (QED) is 0.911. The average molecular weight is 256 g/mol. The fourth-order valence-electron chi connectivity index (χ4n) is 1.74. The van der Waals surface area contributed by atoms with Gasteiger partial charge in [0.1, 0.15) is 5.82 Å². The van der Waals surface area contributed by atoms with Crippen molar-refractivity contribution >= 4 is 17.4 Å². The van der Waals surface area contributed by atoms with Crippen LogP contribution in [0.25, 0.3) is 0 Å². The first kappa shape index (κ1) is 13.0. The second-order valence-electron chi connectivity index (χ2n) is 4.01. The van der Waals surface area contributed by atoms with E-state index < -0.39 is 0 Å². The molecule has 0 saturated heterocycles. The molecule has 0 aromatic carbocycles. The van der Waals surface area contributed by atoms with E-state index in [1.807, 2.05) is 13.0 Å². The third-order valence-electron chi connectivity index (χ3n) is 2.72. The van der Waals surface area contributed by atoms with Crippen molar-refractivity contribution < 1.29 is 4.79 Å². The summed E-state index contributed by atoms with van der Waals surface area (Å²) in [5, 5.41) is 3.09. The molecule has 0 unspecified atom stereocenters. The number of nitrogens with one attached hydrogen (secondary N) is 1. The summed E-state index contributed by atoms with van der Waals surface area (Å²) >= 11 is 0. The Bertz CT molecular complexity index is 556. The number of carbonyl (C=O) groups is 1. The number of rotatable bonds is 4. The number of hydrogen-bond acceptors (Lipinski definition) is 4. The number of pyridine rings is 2. The number of amides is 1. The van der Waals surface area contributed by atoms with Crippen molar-refractivity contribution in [1.82, 2.24) is 9.97 Å². The number of aromatic nitrogens is 2. The first-order valence-electron chi connectivity index (χ1n) is 6.11. The van der Waals surface area contributed by atoms with Gasteiger partial charge in [-0.05, 0) is 31.2 Å². The van der Waals surface area contributed by atoms with Gasteiger partial charge in [0.05, 0.1) is 17.4 Å². The minimum atomic E-state index is -0.114. The molecular formula is C14H16N4O. The van der Waals surface area contributed by atoms with Gasteiger partial charge in [-0.25, -0.2) is 4.98 Å². The third-order valence-corrected chi connectivity index (χ3v) is 2.72. The standard InChI is InChI=1S/C14H16N4O/c1-3-16-13-12(7-5-9-17-13)14(19)18(2)11-6-4-8-15-10-11/h4-10H,3H2,1-2H3,(H,16,17). The monoisotopic (exact) mass is 256 g/mol. The van der Waals surface area contributed by atoms with Crippen LogP contribution in [0.1, 0.15) is 17.3 Å². The van der Waals surface area contributed by atoms with Crippen LogP contribution < -0.4 is 10.2 Å². The van der Waals surface area contributed by atoms with E-state index in [0.717, 1.165) is 5.69 Å². The zero-order chi connectivity index (χ0) is 13.7. The molecule has 2 aromatic rings. The van der Waals surface area contributed by atoms with E-state index in [2.05, 4.69) is 15.3 Å². The summed E-state index contributed by atoms with van der Waals surface area (Å²) in [6, 6.07) is 7.16. The SMILES string of the molecule is CCNc1ncccc1C(=O)N(C)c1cccnc1. The minimum Gasteiger partial charge on any atom is -0.370 e. The predicted molar refractivity (Wildman–Crippen MR) is 75.4 cm³/mol. The molecule has 19 heavy (non-hydrogen) atoms. The molecule has 0 aliphatic rings. The van der Waals surface area contributed by atoms with Crippen LogP contribution in [0.3, 0.4) is 0 Å². The lowest BCUT2D eigenvalue weighted by molar-refractivity contribution is 0.0993. The van der Waals surface area contributed by atoms with E-state index in [-0.39, 0.29) is 5.91 Å². The maximum absolute atomic E-state index is 12.5. The molecule has 0 aliphatic carbocycles. The molecule has 0 radical (unpaired) electrons. The smallest absolute Gasteiger partial charge is 0.261 e. The zero-order valence-corrected chi connectivity index (χ0v) is 11.0. The van der Waals surface area contributed by atoms with Crippen LogP contribution in [0.2, 0.25) is 0 Å². The number of anilines is 2. The van der Waals surface area contributed by atoms with Gasteiger partial charge in [-0.1, -0.05) is 0 Å². The lowest BCUT2D eigenvalue weighted by Crippen LogP contribution is -2.27. The van der Waals surface area contributed by atoms with E-state index in [9.17, 15) is 4.79 Å². The topological polar surface area (TPSA) is 58.1 Å². The summed E-state index contributed by atoms with van der Waals surface area (Å²) in [5.41, 5.74) is 1.30. The van der Waals surface area contributed by atoms with Crippen LogP contribution >= 0.6 is 0 Å². The van der Waals surface area contributed by atoms with Gasteiger partial charge < -0.3 is 10.2 Å². The summed E-state index contributed by atoms with van der Waals surface area (Å²) in [4.78, 5) is 22.2. The van der Waals surface area contributed by atoms with Crippen molar-refractivity contribution in [2.75, 3.05) is 23.8 Å². The van der Waals surface area contributed by atoms with Crippen LogP contribution in [0.5, 0.6) is 0 Å². The number of carbonyl (C=O) groups excluding carboxylic acids is 1. The molecule has 0 fully saturated rings. The highest BCUT2D eigenvalue weighted by Gasteiger charge is 2.17. The molecule has 0 spiro atoms. The van der Waals surface area contributed by atoms with Crippen molar-refractivity contribution in [2.45, 2.75) is 6.92 Å². The van der Waals surface area contributed by atoms with Gasteiger partial charge in [0.2, 0.25) is 0 Å². The average Bonchev–Trinajstić information content (AvgIpc) is 2.47. The fraction of sp³-hybridized carbons (Fsp3) is 0.214. The second-order valence-corrected chi connectivity index (χ2v) is 4.01. The molecule has 5 heteroatoms. The summed E-state index contributed by atoms with van der Waals surface area (Å²) in [6.07, 6.45) is 5.00. The molecule has 2 heterocycles. The van der Waals surface area contributed by atoms with Crippen molar-refractivity contribution in [1.29, 1.82) is 0 Å². The highest BCUT2D eigenvalue weighted by molar-refractivity contribution is 6.08. The van der Waals surface area contributed by atoms with Crippen LogP contribution in [-0.2, 0) is 0 Å². The van der Waals surface area contributed by atoms with Crippen molar-refractivity contribution in [2.24, 2.45) is 0 Å². The molecule has 0 bridgehead atoms. The fourth-order valence-corrected chi connectivity index (χ4v) is 1.74. The normalized spacial score (nSPS) is 10.0. The van der Waals surface area contributed by atoms with Crippen LogP contribution in [0.4, 0.5) is 11.5 Å². The lowest BCUT2D eigenvalue weighted by atomic mass is 10.2. The summed E-state index contributed by atoms with van der Waals surface area (Å²) in [5.74, 6) is 0.489. The maximum Gasteiger partial charge on any atom is 0.261 e. The Morgan fingerprint density at radius 2 is 2.11 bits per heavy atom. The molecule has 0 atom stereocenters. The van der Waals surface area contributed by atoms with E-state index in [0.29, 0.717) is 17.9 Å².